The molecule has 36 heavy (non-hydrogen) atoms. The Hall–Kier alpha value is -2.51. The van der Waals surface area contributed by atoms with Gasteiger partial charge in [-0.25, -0.2) is 0 Å². The maximum absolute atomic E-state index is 11.1. The van der Waals surface area contributed by atoms with Crippen LogP contribution < -0.4 is 0 Å². The molecule has 6 nitrogen and oxygen atoms in total. The standard InChI is InChI=1S/C30H39NO5/c32-27-21-28(36-22-23-13-15-25(16-14-23)24-9-4-3-5-10-24)26(11-6-1-2-7-12-29(33)34)30(27)31-17-8-19-35-20-18-31/h1,3-6,9-10,13-16,26-28,30,32H,2,7-8,11-12,17-22H2,(H,33,34)/b6-1-/t26-,27+,28-,30+/m0/s1. The highest BCUT2D eigenvalue weighted by Crippen LogP contribution is 2.36. The van der Waals surface area contributed by atoms with Gasteiger partial charge in [0.25, 0.3) is 0 Å². The zero-order chi connectivity index (χ0) is 25.2. The molecule has 6 heteroatoms. The number of carboxylic acid groups (broad SMARTS) is 1. The monoisotopic (exact) mass is 493 g/mol. The van der Waals surface area contributed by atoms with Crippen molar-refractivity contribution in [3.05, 3.63) is 72.3 Å². The van der Waals surface area contributed by atoms with Crippen LogP contribution in [0.3, 0.4) is 0 Å². The summed E-state index contributed by atoms with van der Waals surface area (Å²) in [5, 5.41) is 19.9. The number of ether oxygens (including phenoxy) is 2. The van der Waals surface area contributed by atoms with Crippen molar-refractivity contribution >= 4 is 5.97 Å². The fourth-order valence-corrected chi connectivity index (χ4v) is 5.49. The van der Waals surface area contributed by atoms with E-state index in [0.29, 0.717) is 26.1 Å². The summed E-state index contributed by atoms with van der Waals surface area (Å²) in [6.45, 7) is 3.73. The first kappa shape index (κ1) is 26.6. The number of hydrogen-bond acceptors (Lipinski definition) is 5. The van der Waals surface area contributed by atoms with Gasteiger partial charge < -0.3 is 19.7 Å². The third kappa shape index (κ3) is 7.50. The van der Waals surface area contributed by atoms with Crippen molar-refractivity contribution in [1.82, 2.24) is 4.90 Å². The number of aliphatic hydroxyl groups excluding tert-OH is 1. The molecule has 0 radical (unpaired) electrons. The van der Waals surface area contributed by atoms with Crippen LogP contribution in [0.4, 0.5) is 0 Å². The molecular weight excluding hydrogens is 454 g/mol. The molecule has 2 aliphatic rings. The lowest BCUT2D eigenvalue weighted by atomic mass is 9.94. The zero-order valence-corrected chi connectivity index (χ0v) is 21.0. The molecule has 0 aromatic heterocycles. The summed E-state index contributed by atoms with van der Waals surface area (Å²) < 4.78 is 12.1. The van der Waals surface area contributed by atoms with E-state index in [2.05, 4.69) is 53.5 Å². The lowest BCUT2D eigenvalue weighted by molar-refractivity contribution is -0.137. The van der Waals surface area contributed by atoms with Crippen LogP contribution in [0.25, 0.3) is 11.1 Å². The quantitative estimate of drug-likeness (QED) is 0.342. The van der Waals surface area contributed by atoms with Crippen molar-refractivity contribution in [3.63, 3.8) is 0 Å². The molecule has 2 fully saturated rings. The molecule has 0 bridgehead atoms. The summed E-state index contributed by atoms with van der Waals surface area (Å²) in [5.41, 5.74) is 3.51. The van der Waals surface area contributed by atoms with Crippen molar-refractivity contribution in [2.24, 2.45) is 5.92 Å². The van der Waals surface area contributed by atoms with Crippen LogP contribution in [0.1, 0.15) is 44.1 Å². The molecule has 1 saturated carbocycles. The number of aliphatic hydroxyl groups is 1. The topological polar surface area (TPSA) is 79.2 Å². The second kappa shape index (κ2) is 13.7. The van der Waals surface area contributed by atoms with E-state index in [1.807, 2.05) is 18.2 Å². The van der Waals surface area contributed by atoms with Crippen molar-refractivity contribution in [1.29, 1.82) is 0 Å². The molecule has 4 atom stereocenters. The Balaban J connectivity index is 1.39. The Bertz CT molecular complexity index is 953. The van der Waals surface area contributed by atoms with Gasteiger partial charge in [-0.05, 0) is 42.4 Å². The van der Waals surface area contributed by atoms with Gasteiger partial charge in [0.15, 0.2) is 0 Å². The lowest BCUT2D eigenvalue weighted by Crippen LogP contribution is -2.46. The number of allylic oxidation sites excluding steroid dienone is 2. The average molecular weight is 494 g/mol. The Kier molecular flexibility index (Phi) is 10.1. The third-order valence-electron chi connectivity index (χ3n) is 7.32. The molecule has 1 saturated heterocycles. The minimum atomic E-state index is -0.754. The molecule has 0 spiro atoms. The Labute approximate surface area is 214 Å². The number of rotatable bonds is 11. The van der Waals surface area contributed by atoms with E-state index in [9.17, 15) is 9.90 Å². The van der Waals surface area contributed by atoms with Crippen molar-refractivity contribution in [3.8, 4) is 11.1 Å². The molecule has 0 amide bonds. The maximum Gasteiger partial charge on any atom is 0.303 e. The van der Waals surface area contributed by atoms with Gasteiger partial charge in [-0.1, -0.05) is 66.7 Å². The van der Waals surface area contributed by atoms with E-state index in [1.54, 1.807) is 0 Å². The third-order valence-corrected chi connectivity index (χ3v) is 7.32. The molecule has 2 aromatic carbocycles. The Morgan fingerprint density at radius 2 is 1.81 bits per heavy atom. The second-order valence-electron chi connectivity index (χ2n) is 9.86. The number of hydrogen-bond donors (Lipinski definition) is 2. The van der Waals surface area contributed by atoms with E-state index in [-0.39, 0.29) is 24.5 Å². The summed E-state index contributed by atoms with van der Waals surface area (Å²) in [6, 6.07) is 18.9. The number of carbonyl (C=O) groups is 1. The molecule has 2 N–H and O–H groups in total. The van der Waals surface area contributed by atoms with Crippen molar-refractivity contribution in [2.75, 3.05) is 26.3 Å². The van der Waals surface area contributed by atoms with Crippen molar-refractivity contribution in [2.45, 2.75) is 63.4 Å². The van der Waals surface area contributed by atoms with Gasteiger partial charge in [-0.3, -0.25) is 9.69 Å². The molecule has 1 aliphatic heterocycles. The smallest absolute Gasteiger partial charge is 0.303 e. The summed E-state index contributed by atoms with van der Waals surface area (Å²) in [7, 11) is 0. The molecule has 2 aromatic rings. The normalized spacial score (nSPS) is 25.2. The number of benzene rings is 2. The van der Waals surface area contributed by atoms with Crippen LogP contribution in [0, 0.1) is 5.92 Å². The number of aliphatic carboxylic acids is 1. The van der Waals surface area contributed by atoms with Crippen LogP contribution in [0.5, 0.6) is 0 Å². The molecule has 194 valence electrons. The first-order valence-electron chi connectivity index (χ1n) is 13.2. The summed E-state index contributed by atoms with van der Waals surface area (Å²) in [5.74, 6) is -0.576. The summed E-state index contributed by atoms with van der Waals surface area (Å²) in [4.78, 5) is 13.1. The van der Waals surface area contributed by atoms with Gasteiger partial charge in [0.1, 0.15) is 0 Å². The van der Waals surface area contributed by atoms with E-state index in [0.717, 1.165) is 44.5 Å². The first-order valence-corrected chi connectivity index (χ1v) is 13.2. The minimum Gasteiger partial charge on any atom is -0.481 e. The highest BCUT2D eigenvalue weighted by atomic mass is 16.5. The van der Waals surface area contributed by atoms with E-state index < -0.39 is 12.1 Å². The summed E-state index contributed by atoms with van der Waals surface area (Å²) in [6.07, 6.45) is 7.76. The highest BCUT2D eigenvalue weighted by molar-refractivity contribution is 5.66. The minimum absolute atomic E-state index is 0.0355. The number of nitrogens with zero attached hydrogens (tertiary/aromatic N) is 1. The predicted molar refractivity (Wildman–Crippen MR) is 141 cm³/mol. The summed E-state index contributed by atoms with van der Waals surface area (Å²) >= 11 is 0. The van der Waals surface area contributed by atoms with Crippen LogP contribution in [0.2, 0.25) is 0 Å². The van der Waals surface area contributed by atoms with Crippen LogP contribution >= 0.6 is 0 Å². The Morgan fingerprint density at radius 1 is 1.03 bits per heavy atom. The predicted octanol–water partition coefficient (Wildman–Crippen LogP) is 4.91. The van der Waals surface area contributed by atoms with E-state index in [1.165, 1.54) is 11.1 Å². The van der Waals surface area contributed by atoms with Crippen LogP contribution in [0.15, 0.2) is 66.7 Å². The maximum atomic E-state index is 11.1. The fraction of sp³-hybridized carbons (Fsp3) is 0.500. The largest absolute Gasteiger partial charge is 0.481 e. The van der Waals surface area contributed by atoms with Gasteiger partial charge in [-0.15, -0.1) is 0 Å². The molecule has 0 unspecified atom stereocenters. The molecule has 1 heterocycles. The van der Waals surface area contributed by atoms with Crippen LogP contribution in [-0.2, 0) is 20.9 Å². The SMILES string of the molecule is O=C(O)CCC/C=C\C[C@@H]1[C@@H](N2CCCOCC2)[C@H](O)C[C@@H]1OCc1ccc(-c2ccccc2)cc1. The second-order valence-corrected chi connectivity index (χ2v) is 9.86. The molecular formula is C30H39NO5. The average Bonchev–Trinajstić information content (AvgIpc) is 3.03. The fourth-order valence-electron chi connectivity index (χ4n) is 5.49. The van der Waals surface area contributed by atoms with Gasteiger partial charge in [0, 0.05) is 44.5 Å². The van der Waals surface area contributed by atoms with Gasteiger partial charge in [0.2, 0.25) is 0 Å². The van der Waals surface area contributed by atoms with Gasteiger partial charge >= 0.3 is 5.97 Å². The lowest BCUT2D eigenvalue weighted by Gasteiger charge is -2.34. The highest BCUT2D eigenvalue weighted by Gasteiger charge is 2.45. The van der Waals surface area contributed by atoms with Crippen molar-refractivity contribution < 1.29 is 24.5 Å². The number of carboxylic acids is 1. The Morgan fingerprint density at radius 3 is 2.58 bits per heavy atom. The van der Waals surface area contributed by atoms with E-state index in [4.69, 9.17) is 14.6 Å². The van der Waals surface area contributed by atoms with Gasteiger partial charge in [-0.2, -0.15) is 0 Å². The molecule has 1 aliphatic carbocycles. The number of unbranched alkanes of at least 4 members (excludes halogenated alkanes) is 1. The van der Waals surface area contributed by atoms with E-state index >= 15 is 0 Å². The van der Waals surface area contributed by atoms with Gasteiger partial charge in [0.05, 0.1) is 25.4 Å². The molecule has 4 rings (SSSR count). The first-order chi connectivity index (χ1) is 17.6. The van der Waals surface area contributed by atoms with Crippen LogP contribution in [-0.4, -0.2) is 65.6 Å². The zero-order valence-electron chi connectivity index (χ0n) is 21.0.